The van der Waals surface area contributed by atoms with Gasteiger partial charge in [-0.25, -0.2) is 8.78 Å². The first kappa shape index (κ1) is 13.6. The number of halogens is 2. The molecule has 0 unspecified atom stereocenters. The van der Waals surface area contributed by atoms with Crippen molar-refractivity contribution in [3.63, 3.8) is 0 Å². The van der Waals surface area contributed by atoms with E-state index in [9.17, 15) is 13.6 Å². The summed E-state index contributed by atoms with van der Waals surface area (Å²) in [5, 5.41) is 2.65. The maximum atomic E-state index is 13.5. The largest absolute Gasteiger partial charge is 0.496 e. The van der Waals surface area contributed by atoms with Gasteiger partial charge in [-0.2, -0.15) is 0 Å². The number of alkyl halides is 2. The molecule has 3 nitrogen and oxygen atoms in total. The average molecular weight is 243 g/mol. The van der Waals surface area contributed by atoms with Crippen LogP contribution in [-0.2, 0) is 5.92 Å². The van der Waals surface area contributed by atoms with E-state index in [1.54, 1.807) is 7.05 Å². The van der Waals surface area contributed by atoms with E-state index in [4.69, 9.17) is 4.74 Å². The molecule has 1 aromatic carbocycles. The Bertz CT molecular complexity index is 413. The zero-order chi connectivity index (χ0) is 13.1. The highest BCUT2D eigenvalue weighted by atomic mass is 19.3. The number of Topliss-reactive ketones (excluding diaryl/α,β-unsaturated/α-hetero) is 1. The number of hydrogen-bond acceptors (Lipinski definition) is 3. The SMILES string of the molecule is CNCC(=O)c1cccc(OC)c1C(C)(F)F. The molecule has 0 spiro atoms. The minimum Gasteiger partial charge on any atom is -0.496 e. The van der Waals surface area contributed by atoms with Gasteiger partial charge in [-0.1, -0.05) is 12.1 Å². The molecule has 0 amide bonds. The second kappa shape index (κ2) is 5.23. The van der Waals surface area contributed by atoms with Gasteiger partial charge in [0.05, 0.1) is 19.2 Å². The van der Waals surface area contributed by atoms with Gasteiger partial charge in [0.25, 0.3) is 5.92 Å². The second-order valence-corrected chi connectivity index (χ2v) is 3.72. The summed E-state index contributed by atoms with van der Waals surface area (Å²) < 4.78 is 31.9. The second-order valence-electron chi connectivity index (χ2n) is 3.72. The number of benzene rings is 1. The van der Waals surface area contributed by atoms with E-state index in [1.165, 1.54) is 25.3 Å². The number of rotatable bonds is 5. The molecule has 17 heavy (non-hydrogen) atoms. The predicted molar refractivity (Wildman–Crippen MR) is 60.8 cm³/mol. The van der Waals surface area contributed by atoms with Crippen LogP contribution in [0.3, 0.4) is 0 Å². The van der Waals surface area contributed by atoms with Gasteiger partial charge in [-0.15, -0.1) is 0 Å². The van der Waals surface area contributed by atoms with E-state index in [0.717, 1.165) is 6.92 Å². The fourth-order valence-corrected chi connectivity index (χ4v) is 1.64. The van der Waals surface area contributed by atoms with Gasteiger partial charge >= 0.3 is 0 Å². The Morgan fingerprint density at radius 2 is 2.12 bits per heavy atom. The summed E-state index contributed by atoms with van der Waals surface area (Å²) in [6.07, 6.45) is 0. The molecule has 0 aliphatic heterocycles. The van der Waals surface area contributed by atoms with Gasteiger partial charge < -0.3 is 10.1 Å². The number of ether oxygens (including phenoxy) is 1. The zero-order valence-electron chi connectivity index (χ0n) is 10.0. The maximum absolute atomic E-state index is 13.5. The summed E-state index contributed by atoms with van der Waals surface area (Å²) in [5.41, 5.74) is -0.367. The minimum absolute atomic E-state index is 0.00815. The molecule has 0 heterocycles. The molecule has 0 radical (unpaired) electrons. The molecule has 0 saturated heterocycles. The summed E-state index contributed by atoms with van der Waals surface area (Å²) in [6.45, 7) is 0.761. The Labute approximate surface area is 98.8 Å². The van der Waals surface area contributed by atoms with Gasteiger partial charge in [-0.3, -0.25) is 4.79 Å². The lowest BCUT2D eigenvalue weighted by Gasteiger charge is -2.18. The van der Waals surface area contributed by atoms with Crippen molar-refractivity contribution in [3.05, 3.63) is 29.3 Å². The van der Waals surface area contributed by atoms with Crippen LogP contribution in [0.5, 0.6) is 5.75 Å². The molecule has 0 saturated carbocycles. The highest BCUT2D eigenvalue weighted by molar-refractivity contribution is 5.99. The Balaban J connectivity index is 3.35. The average Bonchev–Trinajstić information content (AvgIpc) is 2.27. The smallest absolute Gasteiger partial charge is 0.274 e. The molecule has 0 atom stereocenters. The quantitative estimate of drug-likeness (QED) is 0.806. The number of nitrogens with one attached hydrogen (secondary N) is 1. The zero-order valence-corrected chi connectivity index (χ0v) is 10.0. The van der Waals surface area contributed by atoms with Crippen LogP contribution >= 0.6 is 0 Å². The molecular weight excluding hydrogens is 228 g/mol. The molecule has 0 aliphatic rings. The lowest BCUT2D eigenvalue weighted by Crippen LogP contribution is -2.23. The van der Waals surface area contributed by atoms with Crippen molar-refractivity contribution in [3.8, 4) is 5.75 Å². The van der Waals surface area contributed by atoms with Crippen molar-refractivity contribution >= 4 is 5.78 Å². The van der Waals surface area contributed by atoms with Crippen molar-refractivity contribution in [1.29, 1.82) is 0 Å². The summed E-state index contributed by atoms with van der Waals surface area (Å²) in [6, 6.07) is 4.33. The Morgan fingerprint density at radius 3 is 2.59 bits per heavy atom. The van der Waals surface area contributed by atoms with Gasteiger partial charge in [0.1, 0.15) is 5.75 Å². The molecule has 0 aromatic heterocycles. The minimum atomic E-state index is -3.12. The molecule has 1 N–H and O–H groups in total. The highest BCUT2D eigenvalue weighted by Gasteiger charge is 2.33. The fourth-order valence-electron chi connectivity index (χ4n) is 1.64. The normalized spacial score (nSPS) is 11.4. The van der Waals surface area contributed by atoms with Gasteiger partial charge in [0, 0.05) is 12.5 Å². The van der Waals surface area contributed by atoms with E-state index >= 15 is 0 Å². The first-order chi connectivity index (χ1) is 7.91. The number of carbonyl (C=O) groups is 1. The summed E-state index contributed by atoms with van der Waals surface area (Å²) in [7, 11) is 2.89. The van der Waals surface area contributed by atoms with Crippen LogP contribution in [-0.4, -0.2) is 26.5 Å². The van der Waals surface area contributed by atoms with Crippen molar-refractivity contribution < 1.29 is 18.3 Å². The van der Waals surface area contributed by atoms with Crippen LogP contribution in [0, 0.1) is 0 Å². The number of carbonyl (C=O) groups excluding carboxylic acids is 1. The number of methoxy groups -OCH3 is 1. The van der Waals surface area contributed by atoms with E-state index in [0.29, 0.717) is 0 Å². The van der Waals surface area contributed by atoms with Gasteiger partial charge in [0.15, 0.2) is 5.78 Å². The van der Waals surface area contributed by atoms with Crippen LogP contribution in [0.1, 0.15) is 22.8 Å². The Kier molecular flexibility index (Phi) is 4.17. The monoisotopic (exact) mass is 243 g/mol. The molecular formula is C12H15F2NO2. The van der Waals surface area contributed by atoms with E-state index in [-0.39, 0.29) is 29.2 Å². The predicted octanol–water partition coefficient (Wildman–Crippen LogP) is 2.21. The van der Waals surface area contributed by atoms with Crippen LogP contribution < -0.4 is 10.1 Å². The molecule has 1 aromatic rings. The standard InChI is InChI=1S/C12H15F2NO2/c1-12(13,14)11-8(9(16)7-15-2)5-4-6-10(11)17-3/h4-6,15H,7H2,1-3H3. The maximum Gasteiger partial charge on any atom is 0.274 e. The molecule has 94 valence electrons. The number of hydrogen-bond donors (Lipinski definition) is 1. The lowest BCUT2D eigenvalue weighted by atomic mass is 9.98. The summed E-state index contributed by atoms with van der Waals surface area (Å²) >= 11 is 0. The van der Waals surface area contributed by atoms with Crippen LogP contribution in [0.4, 0.5) is 8.78 Å². The number of likely N-dealkylation sites (N-methyl/N-ethyl adjacent to an activating group) is 1. The van der Waals surface area contributed by atoms with E-state index in [2.05, 4.69) is 5.32 Å². The Hall–Kier alpha value is -1.49. The molecule has 0 aliphatic carbocycles. The lowest BCUT2D eigenvalue weighted by molar-refractivity contribution is 0.0140. The van der Waals surface area contributed by atoms with Crippen molar-refractivity contribution in [2.45, 2.75) is 12.8 Å². The third-order valence-corrected chi connectivity index (χ3v) is 2.32. The van der Waals surface area contributed by atoms with Crippen molar-refractivity contribution in [2.24, 2.45) is 0 Å². The van der Waals surface area contributed by atoms with E-state index < -0.39 is 5.92 Å². The summed E-state index contributed by atoms with van der Waals surface area (Å²) in [4.78, 5) is 11.7. The molecule has 0 fully saturated rings. The van der Waals surface area contributed by atoms with Crippen LogP contribution in [0.25, 0.3) is 0 Å². The third kappa shape index (κ3) is 3.00. The van der Waals surface area contributed by atoms with E-state index in [1.807, 2.05) is 0 Å². The van der Waals surface area contributed by atoms with Gasteiger partial charge in [0.2, 0.25) is 0 Å². The highest BCUT2D eigenvalue weighted by Crippen LogP contribution is 2.37. The molecule has 1 rings (SSSR count). The van der Waals surface area contributed by atoms with Crippen LogP contribution in [0.15, 0.2) is 18.2 Å². The molecule has 5 heteroatoms. The number of ketones is 1. The van der Waals surface area contributed by atoms with Crippen molar-refractivity contribution in [2.75, 3.05) is 20.7 Å². The molecule has 0 bridgehead atoms. The Morgan fingerprint density at radius 1 is 1.47 bits per heavy atom. The van der Waals surface area contributed by atoms with Crippen molar-refractivity contribution in [1.82, 2.24) is 5.32 Å². The first-order valence-electron chi connectivity index (χ1n) is 5.15. The summed E-state index contributed by atoms with van der Waals surface area (Å²) in [5.74, 6) is -3.48. The first-order valence-corrected chi connectivity index (χ1v) is 5.15. The third-order valence-electron chi connectivity index (χ3n) is 2.32. The van der Waals surface area contributed by atoms with Gasteiger partial charge in [-0.05, 0) is 13.1 Å². The van der Waals surface area contributed by atoms with Crippen LogP contribution in [0.2, 0.25) is 0 Å². The topological polar surface area (TPSA) is 38.3 Å². The fraction of sp³-hybridized carbons (Fsp3) is 0.417.